The molecule has 0 saturated heterocycles. The Morgan fingerprint density at radius 2 is 1.88 bits per heavy atom. The molecular weight excluding hydrogens is 331 g/mol. The molecule has 4 rings (SSSR count). The first-order valence-corrected chi connectivity index (χ1v) is 7.79. The number of Topliss-reactive ketones (excluding diaryl/α,β-unsaturated/α-hetero) is 2. The molecule has 2 heterocycles. The van der Waals surface area contributed by atoms with E-state index in [-0.39, 0.29) is 22.4 Å². The second kappa shape index (κ2) is 5.80. The third kappa shape index (κ3) is 2.28. The molecule has 0 atom stereocenters. The van der Waals surface area contributed by atoms with E-state index in [9.17, 15) is 14.4 Å². The van der Waals surface area contributed by atoms with Crippen molar-refractivity contribution in [2.24, 2.45) is 0 Å². The average molecular weight is 342 g/mol. The minimum Gasteiger partial charge on any atom is -0.463 e. The topological polar surface area (TPSA) is 82.2 Å². The lowest BCUT2D eigenvalue weighted by Crippen LogP contribution is -2.24. The van der Waals surface area contributed by atoms with Crippen LogP contribution >= 0.6 is 0 Å². The number of ketones is 3. The quantitative estimate of drug-likeness (QED) is 0.415. The van der Waals surface area contributed by atoms with Crippen molar-refractivity contribution in [2.75, 3.05) is 0 Å². The average Bonchev–Trinajstić information content (AvgIpc) is 3.34. The van der Waals surface area contributed by atoms with Gasteiger partial charge in [0.1, 0.15) is 19.9 Å². The monoisotopic (exact) mass is 342 g/mol. The fraction of sp³-hybridized carbons (Fsp3) is 0.0526. The number of furan rings is 1. The summed E-state index contributed by atoms with van der Waals surface area (Å²) in [5.41, 5.74) is 1.45. The lowest BCUT2D eigenvalue weighted by atomic mass is 9.77. The van der Waals surface area contributed by atoms with Crippen LogP contribution in [0.3, 0.4) is 0 Å². The molecule has 124 valence electrons. The molecule has 26 heavy (non-hydrogen) atoms. The summed E-state index contributed by atoms with van der Waals surface area (Å²) in [7, 11) is 5.64. The molecule has 1 aromatic carbocycles. The first kappa shape index (κ1) is 16.0. The van der Waals surface area contributed by atoms with Gasteiger partial charge in [-0.25, -0.2) is 4.98 Å². The summed E-state index contributed by atoms with van der Waals surface area (Å²) in [5.74, 6) is -1.87. The van der Waals surface area contributed by atoms with Gasteiger partial charge in [-0.15, -0.1) is 0 Å². The summed E-state index contributed by atoms with van der Waals surface area (Å²) < 4.78 is 7.17. The van der Waals surface area contributed by atoms with Crippen LogP contribution < -0.4 is 0 Å². The maximum absolute atomic E-state index is 12.8. The van der Waals surface area contributed by atoms with E-state index in [1.165, 1.54) is 6.26 Å². The van der Waals surface area contributed by atoms with Crippen LogP contribution in [0.25, 0.3) is 11.3 Å². The van der Waals surface area contributed by atoms with Gasteiger partial charge >= 0.3 is 0 Å². The normalized spacial score (nSPS) is 13.9. The van der Waals surface area contributed by atoms with Gasteiger partial charge in [0.2, 0.25) is 11.6 Å². The van der Waals surface area contributed by atoms with Gasteiger partial charge in [0.15, 0.2) is 5.78 Å². The molecule has 0 amide bonds. The van der Waals surface area contributed by atoms with Crippen molar-refractivity contribution >= 4 is 30.8 Å². The summed E-state index contributed by atoms with van der Waals surface area (Å²) in [6.07, 6.45) is 6.28. The van der Waals surface area contributed by atoms with Gasteiger partial charge in [-0.3, -0.25) is 14.4 Å². The Bertz CT molecular complexity index is 1090. The standard InChI is InChI=1S/C19H11BN2O4/c1-10-15(20)18(25)17(24)14-13(8-26-19(10)14)16(23)11-2-4-12(5-3-11)22-7-6-21-9-22/h2-9H,1H3. The fourth-order valence-electron chi connectivity index (χ4n) is 2.91. The van der Waals surface area contributed by atoms with Gasteiger partial charge < -0.3 is 8.98 Å². The Hall–Kier alpha value is -3.48. The SMILES string of the molecule is [B]C1=C(C)c2occ(C(=O)c3ccc(-n4ccnc4)cc3)c2C(=O)C1=O. The predicted octanol–water partition coefficient (Wildman–Crippen LogP) is 2.36. The van der Waals surface area contributed by atoms with Gasteiger partial charge in [0, 0.05) is 23.6 Å². The molecule has 2 radical (unpaired) electrons. The minimum atomic E-state index is -0.824. The van der Waals surface area contributed by atoms with Crippen LogP contribution in [-0.4, -0.2) is 34.7 Å². The van der Waals surface area contributed by atoms with Crippen LogP contribution in [0.2, 0.25) is 0 Å². The summed E-state index contributed by atoms with van der Waals surface area (Å²) in [4.78, 5) is 41.1. The zero-order valence-corrected chi connectivity index (χ0v) is 13.7. The number of benzene rings is 1. The fourth-order valence-corrected chi connectivity index (χ4v) is 2.91. The third-order valence-electron chi connectivity index (χ3n) is 4.39. The molecule has 0 N–H and O–H groups in total. The second-order valence-corrected chi connectivity index (χ2v) is 5.90. The smallest absolute Gasteiger partial charge is 0.236 e. The number of carbonyl (C=O) groups is 3. The number of aromatic nitrogens is 2. The summed E-state index contributed by atoms with van der Waals surface area (Å²) in [6.45, 7) is 1.58. The van der Waals surface area contributed by atoms with Gasteiger partial charge in [0.05, 0.1) is 17.5 Å². The van der Waals surface area contributed by atoms with Crippen LogP contribution in [-0.2, 0) is 4.79 Å². The van der Waals surface area contributed by atoms with Crippen molar-refractivity contribution in [2.45, 2.75) is 6.92 Å². The van der Waals surface area contributed by atoms with Crippen molar-refractivity contribution < 1.29 is 18.8 Å². The highest BCUT2D eigenvalue weighted by Gasteiger charge is 2.35. The van der Waals surface area contributed by atoms with Crippen LogP contribution in [0.4, 0.5) is 0 Å². The number of nitrogens with zero attached hydrogens (tertiary/aromatic N) is 2. The molecule has 7 heteroatoms. The molecule has 0 saturated carbocycles. The second-order valence-electron chi connectivity index (χ2n) is 5.90. The van der Waals surface area contributed by atoms with Crippen molar-refractivity contribution in [3.63, 3.8) is 0 Å². The molecular formula is C19H11BN2O4. The van der Waals surface area contributed by atoms with E-state index in [1.807, 2.05) is 0 Å². The van der Waals surface area contributed by atoms with Crippen molar-refractivity contribution in [1.29, 1.82) is 0 Å². The lowest BCUT2D eigenvalue weighted by molar-refractivity contribution is -0.111. The highest BCUT2D eigenvalue weighted by atomic mass is 16.3. The molecule has 0 bridgehead atoms. The van der Waals surface area contributed by atoms with E-state index >= 15 is 0 Å². The highest BCUT2D eigenvalue weighted by molar-refractivity contribution is 6.62. The van der Waals surface area contributed by atoms with Crippen LogP contribution in [0, 0.1) is 0 Å². The molecule has 0 fully saturated rings. The Morgan fingerprint density at radius 1 is 1.15 bits per heavy atom. The molecule has 2 aromatic heterocycles. The number of imidazole rings is 1. The molecule has 6 nitrogen and oxygen atoms in total. The van der Waals surface area contributed by atoms with E-state index in [4.69, 9.17) is 12.3 Å². The van der Waals surface area contributed by atoms with E-state index in [0.717, 1.165) is 5.69 Å². The molecule has 3 aromatic rings. The third-order valence-corrected chi connectivity index (χ3v) is 4.39. The summed E-state index contributed by atoms with van der Waals surface area (Å²) >= 11 is 0. The van der Waals surface area contributed by atoms with Gasteiger partial charge in [-0.05, 0) is 42.2 Å². The van der Waals surface area contributed by atoms with Crippen LogP contribution in [0.15, 0.2) is 59.1 Å². The predicted molar refractivity (Wildman–Crippen MR) is 93.4 cm³/mol. The van der Waals surface area contributed by atoms with Gasteiger partial charge in [-0.2, -0.15) is 0 Å². The van der Waals surface area contributed by atoms with Crippen molar-refractivity contribution in [3.8, 4) is 5.69 Å². The van der Waals surface area contributed by atoms with Crippen molar-refractivity contribution in [1.82, 2.24) is 9.55 Å². The summed E-state index contributed by atoms with van der Waals surface area (Å²) in [5, 5.41) is 0. The molecule has 0 spiro atoms. The van der Waals surface area contributed by atoms with Crippen LogP contribution in [0.5, 0.6) is 0 Å². The Balaban J connectivity index is 1.74. The Morgan fingerprint density at radius 3 is 2.54 bits per heavy atom. The number of hydrogen-bond acceptors (Lipinski definition) is 5. The molecule has 1 aliphatic rings. The van der Waals surface area contributed by atoms with E-state index < -0.39 is 17.3 Å². The number of fused-ring (bicyclic) bond motifs is 1. The van der Waals surface area contributed by atoms with E-state index in [1.54, 1.807) is 54.5 Å². The molecule has 0 aliphatic heterocycles. The van der Waals surface area contributed by atoms with E-state index in [0.29, 0.717) is 11.1 Å². The van der Waals surface area contributed by atoms with Crippen LogP contribution in [0.1, 0.15) is 39.0 Å². The lowest BCUT2D eigenvalue weighted by Gasteiger charge is -2.13. The minimum absolute atomic E-state index is 0.0228. The zero-order chi connectivity index (χ0) is 18.4. The first-order chi connectivity index (χ1) is 12.5. The molecule has 0 unspecified atom stereocenters. The van der Waals surface area contributed by atoms with Crippen molar-refractivity contribution in [3.05, 3.63) is 77.2 Å². The maximum Gasteiger partial charge on any atom is 0.236 e. The van der Waals surface area contributed by atoms with E-state index in [2.05, 4.69) is 4.98 Å². The highest BCUT2D eigenvalue weighted by Crippen LogP contribution is 2.32. The number of hydrogen-bond donors (Lipinski definition) is 0. The Labute approximate surface area is 149 Å². The zero-order valence-electron chi connectivity index (χ0n) is 13.7. The largest absolute Gasteiger partial charge is 0.463 e. The number of carbonyl (C=O) groups excluding carboxylic acids is 3. The maximum atomic E-state index is 12.8. The first-order valence-electron chi connectivity index (χ1n) is 7.79. The van der Waals surface area contributed by atoms with Gasteiger partial charge in [0.25, 0.3) is 0 Å². The molecule has 1 aliphatic carbocycles. The number of rotatable bonds is 3. The number of allylic oxidation sites excluding steroid dienone is 2. The summed E-state index contributed by atoms with van der Waals surface area (Å²) in [6, 6.07) is 6.81. The Kier molecular flexibility index (Phi) is 3.58. The van der Waals surface area contributed by atoms with Gasteiger partial charge in [-0.1, -0.05) is 0 Å².